The van der Waals surface area contributed by atoms with Crippen LogP contribution < -0.4 is 0 Å². The molecule has 0 radical (unpaired) electrons. The van der Waals surface area contributed by atoms with Gasteiger partial charge in [-0.25, -0.2) is 9.67 Å². The van der Waals surface area contributed by atoms with E-state index in [1.54, 1.807) is 12.5 Å². The van der Waals surface area contributed by atoms with E-state index in [4.69, 9.17) is 14.5 Å². The van der Waals surface area contributed by atoms with Gasteiger partial charge in [0.1, 0.15) is 12.1 Å². The molecule has 2 aromatic heterocycles. The van der Waals surface area contributed by atoms with E-state index in [-0.39, 0.29) is 0 Å². The highest BCUT2D eigenvalue weighted by molar-refractivity contribution is 5.52. The maximum Gasteiger partial charge on any atom is 0.184 e. The fraction of sp³-hybridized carbons (Fsp3) is 0.684. The van der Waals surface area contributed by atoms with Crippen LogP contribution in [0.3, 0.4) is 0 Å². The molecular weight excluding hydrogens is 300 g/mol. The highest BCUT2D eigenvalue weighted by Crippen LogP contribution is 2.34. The van der Waals surface area contributed by atoms with Crippen molar-refractivity contribution in [2.45, 2.75) is 70.4 Å². The molecule has 0 N–H and O–H groups in total. The van der Waals surface area contributed by atoms with E-state index in [0.29, 0.717) is 12.1 Å². The van der Waals surface area contributed by atoms with E-state index in [0.717, 1.165) is 17.2 Å². The van der Waals surface area contributed by atoms with Gasteiger partial charge in [-0.05, 0) is 51.8 Å². The lowest BCUT2D eigenvalue weighted by Crippen LogP contribution is -2.30. The molecule has 130 valence electrons. The first-order chi connectivity index (χ1) is 11.8. The molecule has 2 aliphatic rings. The topological polar surface area (TPSA) is 47.1 Å². The monoisotopic (exact) mass is 328 g/mol. The molecule has 2 fully saturated rings. The van der Waals surface area contributed by atoms with Gasteiger partial charge < -0.3 is 4.42 Å². The summed E-state index contributed by atoms with van der Waals surface area (Å²) >= 11 is 0. The number of furan rings is 1. The largest absolute Gasteiger partial charge is 0.472 e. The average Bonchev–Trinajstić information content (AvgIpc) is 3.31. The first-order valence-electron chi connectivity index (χ1n) is 9.56. The van der Waals surface area contributed by atoms with Gasteiger partial charge in [0.25, 0.3) is 0 Å². The van der Waals surface area contributed by atoms with Gasteiger partial charge in [-0.15, -0.1) is 0 Å². The lowest BCUT2D eigenvalue weighted by Gasteiger charge is -2.28. The van der Waals surface area contributed by atoms with Crippen molar-refractivity contribution in [2.24, 2.45) is 0 Å². The molecule has 1 unspecified atom stereocenters. The molecule has 3 heterocycles. The van der Waals surface area contributed by atoms with Gasteiger partial charge in [0, 0.05) is 0 Å². The lowest BCUT2D eigenvalue weighted by molar-refractivity contribution is 0.202. The molecule has 2 aromatic rings. The molecule has 5 nitrogen and oxygen atoms in total. The Morgan fingerprint density at radius 3 is 2.50 bits per heavy atom. The van der Waals surface area contributed by atoms with Crippen molar-refractivity contribution in [1.29, 1.82) is 0 Å². The van der Waals surface area contributed by atoms with Crippen LogP contribution in [0.25, 0.3) is 11.4 Å². The van der Waals surface area contributed by atoms with Crippen molar-refractivity contribution >= 4 is 0 Å². The van der Waals surface area contributed by atoms with Gasteiger partial charge in [0.15, 0.2) is 5.82 Å². The van der Waals surface area contributed by atoms with E-state index in [2.05, 4.69) is 16.5 Å². The standard InChI is InChI=1S/C19H28N4O/c1-15(22-11-6-2-3-7-12-22)19-20-18(16-10-13-24-14-16)21-23(19)17-8-4-5-9-17/h10,13-15,17H,2-9,11-12H2,1H3. The predicted octanol–water partition coefficient (Wildman–Crippen LogP) is 4.59. The predicted molar refractivity (Wildman–Crippen MR) is 93.7 cm³/mol. The normalized spacial score (nSPS) is 21.9. The van der Waals surface area contributed by atoms with Crippen LogP contribution in [0, 0.1) is 0 Å². The summed E-state index contributed by atoms with van der Waals surface area (Å²) in [5.41, 5.74) is 0.982. The summed E-state index contributed by atoms with van der Waals surface area (Å²) in [6.07, 6.45) is 13.8. The average molecular weight is 328 g/mol. The molecule has 1 atom stereocenters. The Balaban J connectivity index is 1.66. The number of hydrogen-bond acceptors (Lipinski definition) is 4. The molecule has 5 heteroatoms. The molecule has 1 saturated heterocycles. The van der Waals surface area contributed by atoms with Crippen LogP contribution in [0.5, 0.6) is 0 Å². The molecule has 1 saturated carbocycles. The van der Waals surface area contributed by atoms with Crippen LogP contribution in [0.15, 0.2) is 23.0 Å². The van der Waals surface area contributed by atoms with Crippen LogP contribution in [0.1, 0.15) is 76.2 Å². The summed E-state index contributed by atoms with van der Waals surface area (Å²) < 4.78 is 7.48. The van der Waals surface area contributed by atoms with Gasteiger partial charge in [0.2, 0.25) is 0 Å². The Morgan fingerprint density at radius 2 is 1.83 bits per heavy atom. The summed E-state index contributed by atoms with van der Waals surface area (Å²) in [4.78, 5) is 7.55. The minimum atomic E-state index is 0.330. The summed E-state index contributed by atoms with van der Waals surface area (Å²) in [5, 5.41) is 4.89. The highest BCUT2D eigenvalue weighted by Gasteiger charge is 2.28. The van der Waals surface area contributed by atoms with E-state index in [9.17, 15) is 0 Å². The van der Waals surface area contributed by atoms with E-state index >= 15 is 0 Å². The zero-order valence-corrected chi connectivity index (χ0v) is 14.7. The minimum absolute atomic E-state index is 0.330. The third-order valence-electron chi connectivity index (χ3n) is 5.67. The Labute approximate surface area is 144 Å². The summed E-state index contributed by atoms with van der Waals surface area (Å²) in [6.45, 7) is 4.67. The second-order valence-corrected chi connectivity index (χ2v) is 7.31. The third-order valence-corrected chi connectivity index (χ3v) is 5.67. The zero-order valence-electron chi connectivity index (χ0n) is 14.7. The van der Waals surface area contributed by atoms with Gasteiger partial charge in [-0.2, -0.15) is 5.10 Å². The smallest absolute Gasteiger partial charge is 0.184 e. The molecule has 4 rings (SSSR count). The van der Waals surface area contributed by atoms with Gasteiger partial charge in [-0.1, -0.05) is 25.7 Å². The molecule has 1 aliphatic carbocycles. The molecular formula is C19H28N4O. The second kappa shape index (κ2) is 7.09. The van der Waals surface area contributed by atoms with Crippen LogP contribution in [0.2, 0.25) is 0 Å². The van der Waals surface area contributed by atoms with Crippen LogP contribution in [-0.4, -0.2) is 32.8 Å². The zero-order chi connectivity index (χ0) is 16.4. The van der Waals surface area contributed by atoms with Crippen molar-refractivity contribution in [3.63, 3.8) is 0 Å². The van der Waals surface area contributed by atoms with Gasteiger partial charge in [-0.3, -0.25) is 4.90 Å². The summed E-state index contributed by atoms with van der Waals surface area (Å²) in [5.74, 6) is 1.95. The van der Waals surface area contributed by atoms with Gasteiger partial charge in [0.05, 0.1) is 23.9 Å². The molecule has 0 bridgehead atoms. The first-order valence-corrected chi connectivity index (χ1v) is 9.56. The van der Waals surface area contributed by atoms with Crippen LogP contribution in [0.4, 0.5) is 0 Å². The number of aromatic nitrogens is 3. The number of nitrogens with zero attached hydrogens (tertiary/aromatic N) is 4. The second-order valence-electron chi connectivity index (χ2n) is 7.31. The lowest BCUT2D eigenvalue weighted by atomic mass is 10.2. The van der Waals surface area contributed by atoms with E-state index in [1.165, 1.54) is 64.5 Å². The fourth-order valence-electron chi connectivity index (χ4n) is 4.20. The Morgan fingerprint density at radius 1 is 1.08 bits per heavy atom. The highest BCUT2D eigenvalue weighted by atomic mass is 16.3. The number of likely N-dealkylation sites (tertiary alicyclic amines) is 1. The summed E-state index contributed by atoms with van der Waals surface area (Å²) in [6, 6.07) is 2.80. The quantitative estimate of drug-likeness (QED) is 0.823. The van der Waals surface area contributed by atoms with Crippen molar-refractivity contribution in [1.82, 2.24) is 19.7 Å². The molecule has 24 heavy (non-hydrogen) atoms. The Kier molecular flexibility index (Phi) is 4.69. The first kappa shape index (κ1) is 15.9. The van der Waals surface area contributed by atoms with Crippen LogP contribution >= 0.6 is 0 Å². The van der Waals surface area contributed by atoms with Crippen molar-refractivity contribution in [3.05, 3.63) is 24.4 Å². The summed E-state index contributed by atoms with van der Waals surface area (Å²) in [7, 11) is 0. The number of rotatable bonds is 4. The maximum absolute atomic E-state index is 5.24. The Hall–Kier alpha value is -1.62. The number of hydrogen-bond donors (Lipinski definition) is 0. The minimum Gasteiger partial charge on any atom is -0.472 e. The van der Waals surface area contributed by atoms with Crippen molar-refractivity contribution in [3.8, 4) is 11.4 Å². The van der Waals surface area contributed by atoms with Crippen LogP contribution in [-0.2, 0) is 0 Å². The van der Waals surface area contributed by atoms with Gasteiger partial charge >= 0.3 is 0 Å². The van der Waals surface area contributed by atoms with Crippen molar-refractivity contribution in [2.75, 3.05) is 13.1 Å². The molecule has 1 aliphatic heterocycles. The van der Waals surface area contributed by atoms with E-state index in [1.807, 2.05) is 6.07 Å². The van der Waals surface area contributed by atoms with E-state index < -0.39 is 0 Å². The third kappa shape index (κ3) is 3.14. The SMILES string of the molecule is CC(c1nc(-c2ccoc2)nn1C1CCCC1)N1CCCCCC1. The maximum atomic E-state index is 5.24. The Bertz CT molecular complexity index is 634. The molecule has 0 amide bonds. The fourth-order valence-corrected chi connectivity index (χ4v) is 4.20. The molecule has 0 aromatic carbocycles. The molecule has 0 spiro atoms. The van der Waals surface area contributed by atoms with Crippen molar-refractivity contribution < 1.29 is 4.42 Å².